The largest absolute Gasteiger partial charge is 0.341 e. The van der Waals surface area contributed by atoms with Gasteiger partial charge in [-0.05, 0) is 35.9 Å². The summed E-state index contributed by atoms with van der Waals surface area (Å²) in [6.45, 7) is 0.571. The number of fused-ring (bicyclic) bond motifs is 1. The van der Waals surface area contributed by atoms with Crippen molar-refractivity contribution in [3.8, 4) is 0 Å². The first kappa shape index (κ1) is 16.0. The van der Waals surface area contributed by atoms with Crippen molar-refractivity contribution in [1.29, 1.82) is 0 Å². The van der Waals surface area contributed by atoms with Gasteiger partial charge in [-0.2, -0.15) is 5.10 Å². The first-order chi connectivity index (χ1) is 12.7. The summed E-state index contributed by atoms with van der Waals surface area (Å²) in [6.07, 6.45) is 3.40. The van der Waals surface area contributed by atoms with Crippen LogP contribution in [-0.2, 0) is 6.54 Å². The van der Waals surface area contributed by atoms with Crippen LogP contribution in [0.25, 0.3) is 10.9 Å². The van der Waals surface area contributed by atoms with Gasteiger partial charge in [0.15, 0.2) is 5.69 Å². The highest BCUT2D eigenvalue weighted by atomic mass is 19.1. The fraction of sp³-hybridized carbons (Fsp3) is 0.0500. The Labute approximate surface area is 149 Å². The molecule has 0 radical (unpaired) electrons. The Kier molecular flexibility index (Phi) is 4.15. The van der Waals surface area contributed by atoms with Crippen LogP contribution < -0.4 is 5.32 Å². The minimum atomic E-state index is -0.317. The lowest BCUT2D eigenvalue weighted by atomic mass is 10.2. The van der Waals surface area contributed by atoms with Gasteiger partial charge in [-0.15, -0.1) is 5.10 Å². The number of para-hydroxylation sites is 1. The lowest BCUT2D eigenvalue weighted by Crippen LogP contribution is -2.13. The molecule has 1 N–H and O–H groups in total. The number of hydrogen-bond acceptors (Lipinski definition) is 3. The summed E-state index contributed by atoms with van der Waals surface area (Å²) in [5.41, 5.74) is 2.89. The zero-order valence-electron chi connectivity index (χ0n) is 13.8. The van der Waals surface area contributed by atoms with E-state index < -0.39 is 0 Å². The molecule has 0 saturated carbocycles. The molecule has 128 valence electrons. The highest BCUT2D eigenvalue weighted by Gasteiger charge is 2.13. The lowest BCUT2D eigenvalue weighted by molar-refractivity contribution is 0.102. The van der Waals surface area contributed by atoms with Crippen LogP contribution in [0.4, 0.5) is 10.1 Å². The van der Waals surface area contributed by atoms with Crippen molar-refractivity contribution < 1.29 is 9.18 Å². The van der Waals surface area contributed by atoms with E-state index in [1.54, 1.807) is 24.3 Å². The van der Waals surface area contributed by atoms with Gasteiger partial charge in [-0.3, -0.25) is 4.79 Å². The summed E-state index contributed by atoms with van der Waals surface area (Å²) in [5, 5.41) is 11.4. The van der Waals surface area contributed by atoms with Crippen molar-refractivity contribution >= 4 is 22.5 Å². The highest BCUT2D eigenvalue weighted by molar-refractivity contribution is 6.08. The van der Waals surface area contributed by atoms with Gasteiger partial charge < -0.3 is 9.88 Å². The van der Waals surface area contributed by atoms with Crippen molar-refractivity contribution in [2.45, 2.75) is 6.54 Å². The van der Waals surface area contributed by atoms with Gasteiger partial charge in [0.25, 0.3) is 5.91 Å². The first-order valence-electron chi connectivity index (χ1n) is 8.12. The number of benzene rings is 2. The number of halogens is 1. The summed E-state index contributed by atoms with van der Waals surface area (Å²) in [6, 6.07) is 17.5. The second-order valence-corrected chi connectivity index (χ2v) is 5.88. The monoisotopic (exact) mass is 346 g/mol. The fourth-order valence-electron chi connectivity index (χ4n) is 2.87. The van der Waals surface area contributed by atoms with E-state index in [4.69, 9.17) is 0 Å². The maximum atomic E-state index is 13.1. The zero-order chi connectivity index (χ0) is 17.9. The Balaban J connectivity index is 1.67. The minimum absolute atomic E-state index is 0.253. The predicted octanol–water partition coefficient (Wildman–Crippen LogP) is 3.87. The molecule has 0 spiro atoms. The molecular formula is C20H15FN4O. The molecule has 0 unspecified atom stereocenters. The number of carbonyl (C=O) groups is 1. The Morgan fingerprint density at radius 1 is 1.04 bits per heavy atom. The quantitative estimate of drug-likeness (QED) is 0.610. The van der Waals surface area contributed by atoms with Gasteiger partial charge in [0.1, 0.15) is 5.82 Å². The number of amides is 1. The Hall–Kier alpha value is -3.54. The van der Waals surface area contributed by atoms with Gasteiger partial charge in [-0.1, -0.05) is 30.3 Å². The third-order valence-corrected chi connectivity index (χ3v) is 4.11. The summed E-state index contributed by atoms with van der Waals surface area (Å²) < 4.78 is 15.1. The molecule has 0 atom stereocenters. The fourth-order valence-corrected chi connectivity index (χ4v) is 2.87. The van der Waals surface area contributed by atoms with Crippen LogP contribution in [0, 0.1) is 5.82 Å². The summed E-state index contributed by atoms with van der Waals surface area (Å²) >= 11 is 0. The van der Waals surface area contributed by atoms with Gasteiger partial charge in [-0.25, -0.2) is 4.39 Å². The molecule has 0 bridgehead atoms. The van der Waals surface area contributed by atoms with Gasteiger partial charge >= 0.3 is 0 Å². The summed E-state index contributed by atoms with van der Waals surface area (Å²) in [7, 11) is 0. The number of nitrogens with zero attached hydrogens (tertiary/aromatic N) is 3. The average molecular weight is 346 g/mol. The van der Waals surface area contributed by atoms with Crippen molar-refractivity contribution in [1.82, 2.24) is 14.8 Å². The highest BCUT2D eigenvalue weighted by Crippen LogP contribution is 2.27. The SMILES string of the molecule is O=C(Nc1cn(Cc2ccc(F)cc2)c2ccccc12)c1cccnn1. The van der Waals surface area contributed by atoms with E-state index in [0.717, 1.165) is 16.5 Å². The zero-order valence-corrected chi connectivity index (χ0v) is 13.8. The normalized spacial score (nSPS) is 10.8. The van der Waals surface area contributed by atoms with Crippen LogP contribution >= 0.6 is 0 Å². The number of hydrogen-bond donors (Lipinski definition) is 1. The molecular weight excluding hydrogens is 331 g/mol. The first-order valence-corrected chi connectivity index (χ1v) is 8.12. The lowest BCUT2D eigenvalue weighted by Gasteiger charge is -2.05. The molecule has 6 heteroatoms. The Bertz CT molecular complexity index is 1060. The molecule has 0 aliphatic rings. The third-order valence-electron chi connectivity index (χ3n) is 4.11. The predicted molar refractivity (Wildman–Crippen MR) is 97.4 cm³/mol. The average Bonchev–Trinajstić information content (AvgIpc) is 3.02. The van der Waals surface area contributed by atoms with Crippen molar-refractivity contribution in [3.63, 3.8) is 0 Å². The molecule has 2 heterocycles. The van der Waals surface area contributed by atoms with E-state index in [9.17, 15) is 9.18 Å². The standard InChI is InChI=1S/C20H15FN4O/c21-15-9-7-14(8-10-15)12-25-13-18(16-4-1-2-6-19(16)25)23-20(26)17-5-3-11-22-24-17/h1-11,13H,12H2,(H,23,26). The van der Waals surface area contributed by atoms with Crippen molar-refractivity contribution in [2.75, 3.05) is 5.32 Å². The maximum Gasteiger partial charge on any atom is 0.276 e. The molecule has 5 nitrogen and oxygen atoms in total. The summed E-state index contributed by atoms with van der Waals surface area (Å²) in [5.74, 6) is -0.578. The van der Waals surface area contributed by atoms with Crippen LogP contribution in [0.15, 0.2) is 73.1 Å². The van der Waals surface area contributed by atoms with Crippen LogP contribution in [-0.4, -0.2) is 20.7 Å². The number of carbonyl (C=O) groups excluding carboxylic acids is 1. The molecule has 0 aliphatic heterocycles. The number of rotatable bonds is 4. The van der Waals surface area contributed by atoms with Gasteiger partial charge in [0, 0.05) is 24.3 Å². The molecule has 2 aromatic heterocycles. The molecule has 0 aliphatic carbocycles. The number of anilines is 1. The Morgan fingerprint density at radius 3 is 2.62 bits per heavy atom. The molecule has 0 fully saturated rings. The van der Waals surface area contributed by atoms with E-state index in [0.29, 0.717) is 12.2 Å². The third kappa shape index (κ3) is 3.17. The van der Waals surface area contributed by atoms with Crippen molar-refractivity contribution in [3.05, 3.63) is 90.1 Å². The molecule has 2 aromatic carbocycles. The molecule has 1 amide bonds. The topological polar surface area (TPSA) is 59.8 Å². The minimum Gasteiger partial charge on any atom is -0.341 e. The molecule has 0 saturated heterocycles. The summed E-state index contributed by atoms with van der Waals surface area (Å²) in [4.78, 5) is 12.4. The van der Waals surface area contributed by atoms with E-state index in [-0.39, 0.29) is 17.4 Å². The maximum absolute atomic E-state index is 13.1. The van der Waals surface area contributed by atoms with E-state index in [1.165, 1.54) is 18.3 Å². The van der Waals surface area contributed by atoms with Gasteiger partial charge in [0.2, 0.25) is 0 Å². The van der Waals surface area contributed by atoms with Gasteiger partial charge in [0.05, 0.1) is 11.2 Å². The van der Waals surface area contributed by atoms with E-state index in [2.05, 4.69) is 15.5 Å². The number of nitrogens with one attached hydrogen (secondary N) is 1. The second-order valence-electron chi connectivity index (χ2n) is 5.88. The van der Waals surface area contributed by atoms with E-state index >= 15 is 0 Å². The molecule has 4 aromatic rings. The second kappa shape index (κ2) is 6.76. The molecule has 26 heavy (non-hydrogen) atoms. The van der Waals surface area contributed by atoms with Crippen LogP contribution in [0.3, 0.4) is 0 Å². The number of aromatic nitrogens is 3. The van der Waals surface area contributed by atoms with Crippen molar-refractivity contribution in [2.24, 2.45) is 0 Å². The smallest absolute Gasteiger partial charge is 0.276 e. The van der Waals surface area contributed by atoms with Crippen LogP contribution in [0.2, 0.25) is 0 Å². The van der Waals surface area contributed by atoms with E-state index in [1.807, 2.05) is 35.0 Å². The Morgan fingerprint density at radius 2 is 1.85 bits per heavy atom. The van der Waals surface area contributed by atoms with Crippen LogP contribution in [0.1, 0.15) is 16.1 Å². The molecule has 4 rings (SSSR count). The van der Waals surface area contributed by atoms with Crippen LogP contribution in [0.5, 0.6) is 0 Å².